The number of likely N-dealkylation sites (tertiary alicyclic amines) is 1. The molecule has 3 aromatic rings. The molecule has 0 aliphatic carbocycles. The number of H-pyrrole nitrogens is 1. The number of piperidine rings is 1. The number of carbonyl (C=O) groups excluding carboxylic acids is 2. The molecule has 9 nitrogen and oxygen atoms in total. The zero-order valence-corrected chi connectivity index (χ0v) is 18.6. The maximum Gasteiger partial charge on any atom is 0.410 e. The largest absolute Gasteiger partial charge is 0.501 e. The lowest BCUT2D eigenvalue weighted by Gasteiger charge is -2.30. The second-order valence-electron chi connectivity index (χ2n) is 8.12. The van der Waals surface area contributed by atoms with Crippen LogP contribution in [0, 0.1) is 0 Å². The molecule has 1 aliphatic heterocycles. The maximum absolute atomic E-state index is 12.6. The van der Waals surface area contributed by atoms with E-state index in [0.717, 1.165) is 11.1 Å². The molecule has 9 heteroatoms. The molecule has 1 aliphatic rings. The van der Waals surface area contributed by atoms with E-state index < -0.39 is 23.3 Å². The van der Waals surface area contributed by atoms with Gasteiger partial charge < -0.3 is 25.0 Å². The van der Waals surface area contributed by atoms with Gasteiger partial charge in [-0.25, -0.2) is 9.78 Å². The summed E-state index contributed by atoms with van der Waals surface area (Å²) >= 11 is 0. The molecule has 2 aromatic carbocycles. The topological polar surface area (TPSA) is 125 Å². The Kier molecular flexibility index (Phi) is 7.22. The van der Waals surface area contributed by atoms with Crippen LogP contribution >= 0.6 is 0 Å². The van der Waals surface area contributed by atoms with Crippen LogP contribution in [0.5, 0.6) is 5.75 Å². The smallest absolute Gasteiger partial charge is 0.410 e. The summed E-state index contributed by atoms with van der Waals surface area (Å²) in [6.07, 6.45) is 0.689. The van der Waals surface area contributed by atoms with E-state index in [1.165, 1.54) is 0 Å². The van der Waals surface area contributed by atoms with E-state index in [0.29, 0.717) is 31.8 Å². The number of nitrogens with one attached hydrogen (secondary N) is 2. The first-order chi connectivity index (χ1) is 16.5. The number of aromatic amines is 1. The summed E-state index contributed by atoms with van der Waals surface area (Å²) in [4.78, 5) is 45.7. The van der Waals surface area contributed by atoms with Crippen LogP contribution in [0.2, 0.25) is 0 Å². The van der Waals surface area contributed by atoms with Crippen LogP contribution in [0.3, 0.4) is 0 Å². The Bertz CT molecular complexity index is 1190. The third-order valence-electron chi connectivity index (χ3n) is 5.77. The van der Waals surface area contributed by atoms with Crippen molar-refractivity contribution in [2.24, 2.45) is 0 Å². The van der Waals surface area contributed by atoms with Crippen molar-refractivity contribution in [1.82, 2.24) is 20.2 Å². The lowest BCUT2D eigenvalue weighted by Crippen LogP contribution is -2.39. The van der Waals surface area contributed by atoms with Gasteiger partial charge >= 0.3 is 6.09 Å². The van der Waals surface area contributed by atoms with Gasteiger partial charge in [0.05, 0.1) is 0 Å². The predicted octanol–water partition coefficient (Wildman–Crippen LogP) is 2.92. The summed E-state index contributed by atoms with van der Waals surface area (Å²) in [5, 5.41) is 12.8. The van der Waals surface area contributed by atoms with Gasteiger partial charge in [-0.3, -0.25) is 9.59 Å². The van der Waals surface area contributed by atoms with Gasteiger partial charge in [0, 0.05) is 25.6 Å². The molecule has 0 bridgehead atoms. The molecule has 176 valence electrons. The number of benzene rings is 2. The molecule has 2 amide bonds. The minimum Gasteiger partial charge on any atom is -0.501 e. The molecule has 0 saturated carbocycles. The summed E-state index contributed by atoms with van der Waals surface area (Å²) in [6, 6.07) is 18.7. The van der Waals surface area contributed by atoms with Crippen LogP contribution in [-0.4, -0.2) is 45.1 Å². The van der Waals surface area contributed by atoms with Crippen LogP contribution in [0.1, 0.15) is 46.2 Å². The normalized spacial score (nSPS) is 13.9. The van der Waals surface area contributed by atoms with E-state index in [1.807, 2.05) is 60.7 Å². The maximum atomic E-state index is 12.6. The summed E-state index contributed by atoms with van der Waals surface area (Å²) in [7, 11) is 0. The highest BCUT2D eigenvalue weighted by Crippen LogP contribution is 2.26. The summed E-state index contributed by atoms with van der Waals surface area (Å²) in [5.41, 5.74) is 0.723. The molecular formula is C25H26N4O5. The lowest BCUT2D eigenvalue weighted by molar-refractivity contribution is 0.0866. The van der Waals surface area contributed by atoms with E-state index in [9.17, 15) is 19.5 Å². The van der Waals surface area contributed by atoms with E-state index in [-0.39, 0.29) is 24.8 Å². The standard InChI is InChI=1S/C25H26N4O5/c30-21-20(23(31)26-15-17-7-3-1-4-8-17)27-22(28-24(21)32)19-11-13-29(14-12-19)25(33)34-16-18-9-5-2-6-10-18/h1-10,19,30H,11-16H2,(H,26,31)(H,27,28,32). The van der Waals surface area contributed by atoms with Crippen molar-refractivity contribution in [2.45, 2.75) is 31.9 Å². The molecule has 34 heavy (non-hydrogen) atoms. The van der Waals surface area contributed by atoms with Crippen molar-refractivity contribution >= 4 is 12.0 Å². The van der Waals surface area contributed by atoms with Gasteiger partial charge in [0.1, 0.15) is 12.4 Å². The second-order valence-corrected chi connectivity index (χ2v) is 8.12. The highest BCUT2D eigenvalue weighted by Gasteiger charge is 2.28. The highest BCUT2D eigenvalue weighted by molar-refractivity contribution is 5.94. The van der Waals surface area contributed by atoms with Gasteiger partial charge in [0.2, 0.25) is 5.75 Å². The quantitative estimate of drug-likeness (QED) is 0.517. The lowest BCUT2D eigenvalue weighted by atomic mass is 9.96. The monoisotopic (exact) mass is 462 g/mol. The van der Waals surface area contributed by atoms with Crippen molar-refractivity contribution in [3.8, 4) is 5.75 Å². The molecule has 3 N–H and O–H groups in total. The van der Waals surface area contributed by atoms with E-state index in [1.54, 1.807) is 4.90 Å². The Hall–Kier alpha value is -4.14. The zero-order chi connectivity index (χ0) is 23.9. The number of carbonyl (C=O) groups is 2. The Morgan fingerprint density at radius 1 is 1.03 bits per heavy atom. The first-order valence-corrected chi connectivity index (χ1v) is 11.1. The highest BCUT2D eigenvalue weighted by atomic mass is 16.6. The fraction of sp³-hybridized carbons (Fsp3) is 0.280. The minimum atomic E-state index is -0.764. The SMILES string of the molecule is O=C(NCc1ccccc1)c1nc(C2CCN(C(=O)OCc3ccccc3)CC2)[nH]c(=O)c1O. The number of rotatable bonds is 6. The number of hydrogen-bond donors (Lipinski definition) is 3. The van der Waals surface area contributed by atoms with Crippen molar-refractivity contribution in [2.75, 3.05) is 13.1 Å². The molecule has 2 heterocycles. The van der Waals surface area contributed by atoms with Crippen molar-refractivity contribution in [3.63, 3.8) is 0 Å². The molecule has 4 rings (SSSR count). The number of aromatic nitrogens is 2. The summed E-state index contributed by atoms with van der Waals surface area (Å²) < 4.78 is 5.38. The Labute approximate surface area is 196 Å². The van der Waals surface area contributed by atoms with Gasteiger partial charge in [0.25, 0.3) is 11.5 Å². The average Bonchev–Trinajstić information content (AvgIpc) is 2.88. The number of amides is 2. The minimum absolute atomic E-state index is 0.160. The van der Waals surface area contributed by atoms with Gasteiger partial charge in [-0.15, -0.1) is 0 Å². The van der Waals surface area contributed by atoms with Crippen LogP contribution in [0.15, 0.2) is 65.5 Å². The van der Waals surface area contributed by atoms with Crippen LogP contribution in [-0.2, 0) is 17.9 Å². The first-order valence-electron chi connectivity index (χ1n) is 11.1. The Morgan fingerprint density at radius 2 is 1.65 bits per heavy atom. The third kappa shape index (κ3) is 5.61. The van der Waals surface area contributed by atoms with Crippen molar-refractivity contribution < 1.29 is 19.4 Å². The molecular weight excluding hydrogens is 436 g/mol. The second kappa shape index (κ2) is 10.7. The molecule has 1 aromatic heterocycles. The van der Waals surface area contributed by atoms with Gasteiger partial charge in [-0.1, -0.05) is 60.7 Å². The molecule has 0 spiro atoms. The Morgan fingerprint density at radius 3 is 2.29 bits per heavy atom. The molecule has 0 radical (unpaired) electrons. The van der Waals surface area contributed by atoms with E-state index in [4.69, 9.17) is 4.74 Å². The van der Waals surface area contributed by atoms with Crippen molar-refractivity contribution in [1.29, 1.82) is 0 Å². The number of aromatic hydroxyl groups is 1. The molecule has 0 unspecified atom stereocenters. The van der Waals surface area contributed by atoms with Gasteiger partial charge in [0.15, 0.2) is 5.69 Å². The van der Waals surface area contributed by atoms with Gasteiger partial charge in [-0.05, 0) is 24.0 Å². The van der Waals surface area contributed by atoms with Crippen LogP contribution in [0.4, 0.5) is 4.79 Å². The first kappa shape index (κ1) is 23.0. The molecule has 1 fully saturated rings. The van der Waals surface area contributed by atoms with Crippen molar-refractivity contribution in [3.05, 3.63) is 93.7 Å². The number of hydrogen-bond acceptors (Lipinski definition) is 6. The fourth-order valence-electron chi connectivity index (χ4n) is 3.84. The average molecular weight is 463 g/mol. The number of ether oxygens (including phenoxy) is 1. The molecule has 0 atom stereocenters. The van der Waals surface area contributed by atoms with E-state index >= 15 is 0 Å². The number of nitrogens with zero attached hydrogens (tertiary/aromatic N) is 2. The predicted molar refractivity (Wildman–Crippen MR) is 124 cm³/mol. The van der Waals surface area contributed by atoms with E-state index in [2.05, 4.69) is 15.3 Å². The van der Waals surface area contributed by atoms with Crippen LogP contribution < -0.4 is 10.9 Å². The van der Waals surface area contributed by atoms with Crippen LogP contribution in [0.25, 0.3) is 0 Å². The fourth-order valence-corrected chi connectivity index (χ4v) is 3.84. The third-order valence-corrected chi connectivity index (χ3v) is 5.77. The Balaban J connectivity index is 1.36. The summed E-state index contributed by atoms with van der Waals surface area (Å²) in [5.74, 6) is -1.18. The van der Waals surface area contributed by atoms with Gasteiger partial charge in [-0.2, -0.15) is 0 Å². The molecule has 1 saturated heterocycles. The summed E-state index contributed by atoms with van der Waals surface area (Å²) in [6.45, 7) is 1.30. The zero-order valence-electron chi connectivity index (χ0n) is 18.6.